The second kappa shape index (κ2) is 6.88. The van der Waals surface area contributed by atoms with Gasteiger partial charge in [-0.1, -0.05) is 34.1 Å². The highest BCUT2D eigenvalue weighted by atomic mass is 79.9. The first-order valence-corrected chi connectivity index (χ1v) is 7.27. The lowest BCUT2D eigenvalue weighted by Crippen LogP contribution is -2.12. The van der Waals surface area contributed by atoms with Gasteiger partial charge in [0.1, 0.15) is 11.5 Å². The summed E-state index contributed by atoms with van der Waals surface area (Å²) in [6, 6.07) is 13.6. The van der Waals surface area contributed by atoms with Crippen molar-refractivity contribution in [2.45, 2.75) is 19.6 Å². The first kappa shape index (κ1) is 15.0. The molecule has 106 valence electrons. The molecule has 4 heteroatoms. The van der Waals surface area contributed by atoms with E-state index in [1.54, 1.807) is 0 Å². The average Bonchev–Trinajstić information content (AvgIpc) is 2.47. The van der Waals surface area contributed by atoms with Crippen molar-refractivity contribution < 1.29 is 9.84 Å². The van der Waals surface area contributed by atoms with E-state index in [0.29, 0.717) is 0 Å². The van der Waals surface area contributed by atoms with Crippen LogP contribution in [0.15, 0.2) is 46.9 Å². The predicted molar refractivity (Wildman–Crippen MR) is 84.1 cm³/mol. The van der Waals surface area contributed by atoms with E-state index in [1.165, 1.54) is 5.56 Å². The number of hydrogen-bond acceptors (Lipinski definition) is 3. The van der Waals surface area contributed by atoms with E-state index in [0.717, 1.165) is 21.5 Å². The lowest BCUT2D eigenvalue weighted by atomic mass is 10.1. The number of rotatable bonds is 5. The Morgan fingerprint density at radius 2 is 1.95 bits per heavy atom. The summed E-state index contributed by atoms with van der Waals surface area (Å²) in [5.74, 6) is 1.48. The minimum atomic E-state index is 0.0134. The van der Waals surface area contributed by atoms with E-state index in [4.69, 9.17) is 9.84 Å². The SMILES string of the molecule is CNC(C)c1ccc(Oc2cccc(CO)c2)cc1Br. The Morgan fingerprint density at radius 3 is 2.60 bits per heavy atom. The quantitative estimate of drug-likeness (QED) is 0.867. The van der Waals surface area contributed by atoms with Crippen molar-refractivity contribution in [2.24, 2.45) is 0 Å². The zero-order chi connectivity index (χ0) is 14.5. The molecule has 0 aliphatic rings. The third kappa shape index (κ3) is 3.60. The summed E-state index contributed by atoms with van der Waals surface area (Å²) in [7, 11) is 1.93. The van der Waals surface area contributed by atoms with Crippen molar-refractivity contribution in [3.05, 3.63) is 58.1 Å². The number of hydrogen-bond donors (Lipinski definition) is 2. The first-order valence-electron chi connectivity index (χ1n) is 6.48. The molecule has 0 amide bonds. The molecule has 0 saturated heterocycles. The van der Waals surface area contributed by atoms with Gasteiger partial charge in [0.25, 0.3) is 0 Å². The highest BCUT2D eigenvalue weighted by Crippen LogP contribution is 2.30. The fraction of sp³-hybridized carbons (Fsp3) is 0.250. The minimum Gasteiger partial charge on any atom is -0.457 e. The van der Waals surface area contributed by atoms with Gasteiger partial charge < -0.3 is 15.2 Å². The van der Waals surface area contributed by atoms with E-state index in [-0.39, 0.29) is 12.6 Å². The summed E-state index contributed by atoms with van der Waals surface area (Å²) in [6.07, 6.45) is 0. The maximum absolute atomic E-state index is 9.13. The van der Waals surface area contributed by atoms with Crippen molar-refractivity contribution in [1.82, 2.24) is 5.32 Å². The first-order chi connectivity index (χ1) is 9.63. The normalized spacial score (nSPS) is 12.2. The zero-order valence-corrected chi connectivity index (χ0v) is 13.1. The Morgan fingerprint density at radius 1 is 1.20 bits per heavy atom. The molecule has 0 fully saturated rings. The molecule has 2 aromatic carbocycles. The van der Waals surface area contributed by atoms with Crippen LogP contribution in [0.3, 0.4) is 0 Å². The fourth-order valence-corrected chi connectivity index (χ4v) is 2.62. The summed E-state index contributed by atoms with van der Waals surface area (Å²) >= 11 is 3.57. The van der Waals surface area contributed by atoms with E-state index in [2.05, 4.69) is 28.2 Å². The molecule has 1 atom stereocenters. The molecule has 20 heavy (non-hydrogen) atoms. The van der Waals surface area contributed by atoms with Gasteiger partial charge in [-0.3, -0.25) is 0 Å². The molecule has 0 heterocycles. The molecule has 0 aliphatic heterocycles. The van der Waals surface area contributed by atoms with Crippen molar-refractivity contribution in [2.75, 3.05) is 7.05 Å². The highest BCUT2D eigenvalue weighted by molar-refractivity contribution is 9.10. The second-order valence-corrected chi connectivity index (χ2v) is 5.46. The molecule has 2 N–H and O–H groups in total. The van der Waals surface area contributed by atoms with Gasteiger partial charge in [-0.05, 0) is 49.4 Å². The predicted octanol–water partition coefficient (Wildman–Crippen LogP) is 4.01. The van der Waals surface area contributed by atoms with E-state index < -0.39 is 0 Å². The Labute approximate surface area is 127 Å². The molecular weight excluding hydrogens is 318 g/mol. The molecule has 2 rings (SSSR count). The summed E-state index contributed by atoms with van der Waals surface area (Å²) < 4.78 is 6.82. The van der Waals surface area contributed by atoms with Crippen molar-refractivity contribution >= 4 is 15.9 Å². The van der Waals surface area contributed by atoms with Crippen LogP contribution in [0, 0.1) is 0 Å². The molecular formula is C16H18BrNO2. The van der Waals surface area contributed by atoms with Gasteiger partial charge >= 0.3 is 0 Å². The summed E-state index contributed by atoms with van der Waals surface area (Å²) in [6.45, 7) is 2.12. The molecule has 0 saturated carbocycles. The van der Waals surface area contributed by atoms with Crippen LogP contribution >= 0.6 is 15.9 Å². The number of aliphatic hydroxyl groups excluding tert-OH is 1. The molecule has 2 aromatic rings. The van der Waals surface area contributed by atoms with Crippen LogP contribution in [0.25, 0.3) is 0 Å². The maximum Gasteiger partial charge on any atom is 0.128 e. The maximum atomic E-state index is 9.13. The van der Waals surface area contributed by atoms with Crippen LogP contribution in [0.1, 0.15) is 24.1 Å². The summed E-state index contributed by atoms with van der Waals surface area (Å²) in [5, 5.41) is 12.3. The highest BCUT2D eigenvalue weighted by Gasteiger charge is 2.08. The van der Waals surface area contributed by atoms with Gasteiger partial charge in [-0.2, -0.15) is 0 Å². The van der Waals surface area contributed by atoms with Crippen LogP contribution < -0.4 is 10.1 Å². The minimum absolute atomic E-state index is 0.0134. The number of aliphatic hydroxyl groups is 1. The summed E-state index contributed by atoms with van der Waals surface area (Å²) in [4.78, 5) is 0. The van der Waals surface area contributed by atoms with Crippen molar-refractivity contribution in [1.29, 1.82) is 0 Å². The van der Waals surface area contributed by atoms with Crippen LogP contribution in [0.2, 0.25) is 0 Å². The van der Waals surface area contributed by atoms with E-state index in [9.17, 15) is 0 Å². The van der Waals surface area contributed by atoms with Gasteiger partial charge in [0.05, 0.1) is 6.61 Å². The molecule has 0 aliphatic carbocycles. The Hall–Kier alpha value is -1.36. The number of halogens is 1. The summed E-state index contributed by atoms with van der Waals surface area (Å²) in [5.41, 5.74) is 2.02. The smallest absolute Gasteiger partial charge is 0.128 e. The lowest BCUT2D eigenvalue weighted by molar-refractivity contribution is 0.281. The van der Waals surface area contributed by atoms with Gasteiger partial charge in [0, 0.05) is 10.5 Å². The zero-order valence-electron chi connectivity index (χ0n) is 11.6. The van der Waals surface area contributed by atoms with E-state index >= 15 is 0 Å². The topological polar surface area (TPSA) is 41.5 Å². The standard InChI is InChI=1S/C16H18BrNO2/c1-11(18-2)15-7-6-14(9-16(15)17)20-13-5-3-4-12(8-13)10-19/h3-9,11,18-19H,10H2,1-2H3. The molecule has 0 radical (unpaired) electrons. The average molecular weight is 336 g/mol. The van der Waals surface area contributed by atoms with E-state index in [1.807, 2.05) is 49.5 Å². The fourth-order valence-electron chi connectivity index (χ4n) is 1.92. The van der Waals surface area contributed by atoms with Crippen LogP contribution in [-0.4, -0.2) is 12.2 Å². The molecule has 3 nitrogen and oxygen atoms in total. The van der Waals surface area contributed by atoms with Crippen LogP contribution in [-0.2, 0) is 6.61 Å². The Bertz CT molecular complexity index is 586. The largest absolute Gasteiger partial charge is 0.457 e. The number of ether oxygens (including phenoxy) is 1. The Kier molecular flexibility index (Phi) is 5.17. The monoisotopic (exact) mass is 335 g/mol. The Balaban J connectivity index is 2.19. The third-order valence-electron chi connectivity index (χ3n) is 3.19. The van der Waals surface area contributed by atoms with Crippen LogP contribution in [0.4, 0.5) is 0 Å². The van der Waals surface area contributed by atoms with Crippen LogP contribution in [0.5, 0.6) is 11.5 Å². The molecule has 0 spiro atoms. The molecule has 1 unspecified atom stereocenters. The van der Waals surface area contributed by atoms with Gasteiger partial charge in [0.2, 0.25) is 0 Å². The number of nitrogens with one attached hydrogen (secondary N) is 1. The van der Waals surface area contributed by atoms with Gasteiger partial charge in [-0.25, -0.2) is 0 Å². The van der Waals surface area contributed by atoms with Crippen molar-refractivity contribution in [3.63, 3.8) is 0 Å². The van der Waals surface area contributed by atoms with Gasteiger partial charge in [-0.15, -0.1) is 0 Å². The van der Waals surface area contributed by atoms with Gasteiger partial charge in [0.15, 0.2) is 0 Å². The molecule has 0 aromatic heterocycles. The second-order valence-electron chi connectivity index (χ2n) is 4.60. The lowest BCUT2D eigenvalue weighted by Gasteiger charge is -2.14. The molecule has 0 bridgehead atoms. The number of benzene rings is 2. The van der Waals surface area contributed by atoms with Crippen molar-refractivity contribution in [3.8, 4) is 11.5 Å². The third-order valence-corrected chi connectivity index (χ3v) is 3.87.